The van der Waals surface area contributed by atoms with Crippen LogP contribution in [0.3, 0.4) is 0 Å². The van der Waals surface area contributed by atoms with Crippen molar-refractivity contribution in [2.24, 2.45) is 0 Å². The van der Waals surface area contributed by atoms with Crippen LogP contribution in [0.5, 0.6) is 0 Å². The van der Waals surface area contributed by atoms with Gasteiger partial charge in [-0.3, -0.25) is 4.79 Å². The lowest BCUT2D eigenvalue weighted by atomic mass is 10.2. The van der Waals surface area contributed by atoms with E-state index in [-0.39, 0.29) is 5.78 Å². The summed E-state index contributed by atoms with van der Waals surface area (Å²) in [4.78, 5) is 22.8. The first-order valence-electron chi connectivity index (χ1n) is 3.32. The predicted molar refractivity (Wildman–Crippen MR) is 40.3 cm³/mol. The van der Waals surface area contributed by atoms with Crippen molar-refractivity contribution in [2.45, 2.75) is 19.9 Å². The summed E-state index contributed by atoms with van der Waals surface area (Å²) in [5, 5.41) is 0. The number of likely N-dealkylation sites (N-methyl/N-ethyl adjacent to an activating group) is 1. The highest BCUT2D eigenvalue weighted by atomic mass is 16.5. The van der Waals surface area contributed by atoms with Crippen molar-refractivity contribution in [1.82, 2.24) is 4.90 Å². The van der Waals surface area contributed by atoms with Gasteiger partial charge in [0.25, 0.3) is 0 Å². The number of carbonyl (C=O) groups is 2. The molecular formula is C7H13NO3. The number of hydrogen-bond donors (Lipinski definition) is 0. The van der Waals surface area contributed by atoms with Crippen molar-refractivity contribution in [3.63, 3.8) is 0 Å². The molecule has 0 bridgehead atoms. The highest BCUT2D eigenvalue weighted by molar-refractivity contribution is 5.84. The van der Waals surface area contributed by atoms with Gasteiger partial charge in [-0.2, -0.15) is 0 Å². The average Bonchev–Trinajstić information content (AvgIpc) is 2.00. The normalized spacial score (nSPS) is 12.0. The Balaban J connectivity index is 4.12. The van der Waals surface area contributed by atoms with E-state index in [1.807, 2.05) is 0 Å². The number of hydrogen-bond acceptors (Lipinski definition) is 3. The van der Waals surface area contributed by atoms with Crippen LogP contribution in [0, 0.1) is 0 Å². The van der Waals surface area contributed by atoms with Gasteiger partial charge in [-0.15, -0.1) is 0 Å². The second-order valence-electron chi connectivity index (χ2n) is 2.37. The molecule has 4 nitrogen and oxygen atoms in total. The Labute approximate surface area is 66.1 Å². The molecule has 0 aliphatic rings. The van der Waals surface area contributed by atoms with Crippen LogP contribution in [0.15, 0.2) is 0 Å². The van der Waals surface area contributed by atoms with Gasteiger partial charge in [0.05, 0.1) is 13.2 Å². The molecule has 4 heteroatoms. The molecular weight excluding hydrogens is 146 g/mol. The van der Waals surface area contributed by atoms with E-state index >= 15 is 0 Å². The zero-order valence-corrected chi connectivity index (χ0v) is 7.25. The van der Waals surface area contributed by atoms with E-state index in [0.717, 1.165) is 0 Å². The van der Waals surface area contributed by atoms with Crippen molar-refractivity contribution in [3.05, 3.63) is 0 Å². The Morgan fingerprint density at radius 2 is 1.91 bits per heavy atom. The van der Waals surface area contributed by atoms with Crippen LogP contribution in [0.25, 0.3) is 0 Å². The first kappa shape index (κ1) is 9.94. The van der Waals surface area contributed by atoms with Crippen LogP contribution >= 0.6 is 0 Å². The van der Waals surface area contributed by atoms with Crippen LogP contribution in [-0.4, -0.2) is 37.0 Å². The third-order valence-electron chi connectivity index (χ3n) is 1.63. The fourth-order valence-electron chi connectivity index (χ4n) is 0.575. The Kier molecular flexibility index (Phi) is 3.57. The molecule has 1 atom stereocenters. The van der Waals surface area contributed by atoms with Crippen molar-refractivity contribution in [3.8, 4) is 0 Å². The maximum atomic E-state index is 10.8. The van der Waals surface area contributed by atoms with Crippen LogP contribution in [-0.2, 0) is 9.53 Å². The molecule has 0 aromatic heterocycles. The van der Waals surface area contributed by atoms with Crippen molar-refractivity contribution >= 4 is 11.9 Å². The molecule has 0 saturated heterocycles. The lowest BCUT2D eigenvalue weighted by Gasteiger charge is -2.20. The molecule has 0 heterocycles. The topological polar surface area (TPSA) is 46.6 Å². The fourth-order valence-corrected chi connectivity index (χ4v) is 0.575. The highest BCUT2D eigenvalue weighted by Gasteiger charge is 2.18. The van der Waals surface area contributed by atoms with Crippen molar-refractivity contribution < 1.29 is 14.3 Å². The lowest BCUT2D eigenvalue weighted by molar-refractivity contribution is -0.120. The SMILES string of the molecule is COC(=O)N(C)C(C)C(C)=O. The summed E-state index contributed by atoms with van der Waals surface area (Å²) < 4.78 is 4.42. The number of nitrogens with zero attached hydrogens (tertiary/aromatic N) is 1. The molecule has 0 aliphatic carbocycles. The lowest BCUT2D eigenvalue weighted by Crippen LogP contribution is -2.39. The quantitative estimate of drug-likeness (QED) is 0.594. The zero-order chi connectivity index (χ0) is 9.02. The Bertz CT molecular complexity index is 167. The molecule has 0 radical (unpaired) electrons. The van der Waals surface area contributed by atoms with Gasteiger partial charge in [0.15, 0.2) is 5.78 Å². The molecule has 0 aliphatic heterocycles. The van der Waals surface area contributed by atoms with Crippen LogP contribution in [0.2, 0.25) is 0 Å². The number of Topliss-reactive ketones (excluding diaryl/α,β-unsaturated/α-hetero) is 1. The van der Waals surface area contributed by atoms with E-state index in [1.54, 1.807) is 6.92 Å². The first-order chi connectivity index (χ1) is 5.00. The van der Waals surface area contributed by atoms with E-state index in [0.29, 0.717) is 0 Å². The van der Waals surface area contributed by atoms with E-state index in [9.17, 15) is 9.59 Å². The molecule has 0 rings (SSSR count). The molecule has 0 spiro atoms. The summed E-state index contributed by atoms with van der Waals surface area (Å²) in [6, 6.07) is -0.414. The Hall–Kier alpha value is -1.06. The Morgan fingerprint density at radius 1 is 1.45 bits per heavy atom. The number of rotatable bonds is 2. The third-order valence-corrected chi connectivity index (χ3v) is 1.63. The van der Waals surface area contributed by atoms with E-state index in [1.165, 1.54) is 26.0 Å². The second kappa shape index (κ2) is 3.95. The van der Waals surface area contributed by atoms with Crippen molar-refractivity contribution in [1.29, 1.82) is 0 Å². The van der Waals surface area contributed by atoms with Gasteiger partial charge in [0.2, 0.25) is 0 Å². The molecule has 0 aromatic carbocycles. The average molecular weight is 159 g/mol. The Morgan fingerprint density at radius 3 is 2.18 bits per heavy atom. The van der Waals surface area contributed by atoms with E-state index in [4.69, 9.17) is 0 Å². The van der Waals surface area contributed by atoms with Crippen LogP contribution < -0.4 is 0 Å². The van der Waals surface area contributed by atoms with Gasteiger partial charge in [-0.1, -0.05) is 0 Å². The molecule has 0 fully saturated rings. The van der Waals surface area contributed by atoms with E-state index in [2.05, 4.69) is 4.74 Å². The van der Waals surface area contributed by atoms with Gasteiger partial charge < -0.3 is 9.64 Å². The molecule has 1 unspecified atom stereocenters. The minimum absolute atomic E-state index is 0.0575. The molecule has 64 valence electrons. The molecule has 0 N–H and O–H groups in total. The monoisotopic (exact) mass is 159 g/mol. The number of ketones is 1. The fraction of sp³-hybridized carbons (Fsp3) is 0.714. The first-order valence-corrected chi connectivity index (χ1v) is 3.32. The van der Waals surface area contributed by atoms with Gasteiger partial charge in [0, 0.05) is 7.05 Å². The summed E-state index contributed by atoms with van der Waals surface area (Å²) >= 11 is 0. The zero-order valence-electron chi connectivity index (χ0n) is 7.25. The summed E-state index contributed by atoms with van der Waals surface area (Å²) in [6.45, 7) is 3.09. The molecule has 0 aromatic rings. The second-order valence-corrected chi connectivity index (χ2v) is 2.37. The third kappa shape index (κ3) is 2.57. The highest BCUT2D eigenvalue weighted by Crippen LogP contribution is 1.98. The maximum Gasteiger partial charge on any atom is 0.409 e. The largest absolute Gasteiger partial charge is 0.453 e. The van der Waals surface area contributed by atoms with Gasteiger partial charge in [0.1, 0.15) is 0 Å². The van der Waals surface area contributed by atoms with Gasteiger partial charge >= 0.3 is 6.09 Å². The summed E-state index contributed by atoms with van der Waals surface area (Å²) in [7, 11) is 2.81. The molecule has 11 heavy (non-hydrogen) atoms. The number of amides is 1. The van der Waals surface area contributed by atoms with E-state index < -0.39 is 12.1 Å². The summed E-state index contributed by atoms with van der Waals surface area (Å²) in [5.74, 6) is -0.0575. The predicted octanol–water partition coefficient (Wildman–Crippen LogP) is 0.662. The summed E-state index contributed by atoms with van der Waals surface area (Å²) in [6.07, 6.45) is -0.493. The molecule has 1 amide bonds. The smallest absolute Gasteiger partial charge is 0.409 e. The summed E-state index contributed by atoms with van der Waals surface area (Å²) in [5.41, 5.74) is 0. The molecule has 0 saturated carbocycles. The standard InChI is InChI=1S/C7H13NO3/c1-5(6(2)9)8(3)7(10)11-4/h5H,1-4H3. The van der Waals surface area contributed by atoms with Gasteiger partial charge in [-0.25, -0.2) is 4.79 Å². The minimum Gasteiger partial charge on any atom is -0.453 e. The van der Waals surface area contributed by atoms with Crippen molar-refractivity contribution in [2.75, 3.05) is 14.2 Å². The minimum atomic E-state index is -0.493. The number of methoxy groups -OCH3 is 1. The maximum absolute atomic E-state index is 10.8. The number of ether oxygens (including phenoxy) is 1. The van der Waals surface area contributed by atoms with Crippen LogP contribution in [0.4, 0.5) is 4.79 Å². The number of carbonyl (C=O) groups excluding carboxylic acids is 2. The van der Waals surface area contributed by atoms with Crippen LogP contribution in [0.1, 0.15) is 13.8 Å². The van der Waals surface area contributed by atoms with Gasteiger partial charge in [-0.05, 0) is 13.8 Å².